The molecule has 2 heterocycles. The van der Waals surface area contributed by atoms with Crippen LogP contribution in [0.5, 0.6) is 0 Å². The van der Waals surface area contributed by atoms with Gasteiger partial charge < -0.3 is 10.1 Å². The lowest BCUT2D eigenvalue weighted by atomic mass is 9.89. The van der Waals surface area contributed by atoms with Crippen LogP contribution in [0.15, 0.2) is 30.3 Å². The van der Waals surface area contributed by atoms with Gasteiger partial charge in [0.2, 0.25) is 0 Å². The number of nitrogens with one attached hydrogen (secondary N) is 1. The molecule has 1 atom stereocenters. The highest BCUT2D eigenvalue weighted by Gasteiger charge is 2.26. The molecular weight excluding hydrogens is 236 g/mol. The van der Waals surface area contributed by atoms with Crippen molar-refractivity contribution in [3.8, 4) is 0 Å². The van der Waals surface area contributed by atoms with Crippen LogP contribution in [0.4, 0.5) is 0 Å². The number of benzene rings is 1. The van der Waals surface area contributed by atoms with Crippen molar-refractivity contribution in [2.45, 2.75) is 24.8 Å². The van der Waals surface area contributed by atoms with E-state index in [-0.39, 0.29) is 0 Å². The Bertz CT molecular complexity index is 366. The van der Waals surface area contributed by atoms with Crippen LogP contribution in [-0.4, -0.2) is 50.3 Å². The predicted molar refractivity (Wildman–Crippen MR) is 77.5 cm³/mol. The molecular formula is C16H24N2O. The van der Waals surface area contributed by atoms with E-state index < -0.39 is 0 Å². The maximum Gasteiger partial charge on any atom is 0.0634 e. The van der Waals surface area contributed by atoms with Crippen molar-refractivity contribution >= 4 is 0 Å². The lowest BCUT2D eigenvalue weighted by Crippen LogP contribution is -2.47. The van der Waals surface area contributed by atoms with Crippen LogP contribution >= 0.6 is 0 Å². The lowest BCUT2D eigenvalue weighted by Gasteiger charge is -2.37. The van der Waals surface area contributed by atoms with Gasteiger partial charge in [0, 0.05) is 19.1 Å². The summed E-state index contributed by atoms with van der Waals surface area (Å²) < 4.78 is 5.67. The second-order valence-electron chi connectivity index (χ2n) is 5.65. The number of nitrogens with zero attached hydrogens (tertiary/aromatic N) is 1. The SMILES string of the molecule is c1ccc(C2CCN([C@H]3CNCCOC3)CC2)cc1. The van der Waals surface area contributed by atoms with Crippen LogP contribution in [0, 0.1) is 0 Å². The van der Waals surface area contributed by atoms with E-state index in [0.29, 0.717) is 6.04 Å². The van der Waals surface area contributed by atoms with Gasteiger partial charge in [-0.1, -0.05) is 30.3 Å². The summed E-state index contributed by atoms with van der Waals surface area (Å²) in [5.41, 5.74) is 1.51. The molecule has 0 radical (unpaired) electrons. The minimum absolute atomic E-state index is 0.569. The van der Waals surface area contributed by atoms with Gasteiger partial charge >= 0.3 is 0 Å². The van der Waals surface area contributed by atoms with E-state index in [4.69, 9.17) is 4.74 Å². The highest BCUT2D eigenvalue weighted by Crippen LogP contribution is 2.28. The van der Waals surface area contributed by atoms with Crippen LogP contribution in [0.25, 0.3) is 0 Å². The third-order valence-corrected chi connectivity index (χ3v) is 4.43. The smallest absolute Gasteiger partial charge is 0.0634 e. The van der Waals surface area contributed by atoms with E-state index in [2.05, 4.69) is 40.5 Å². The standard InChI is InChI=1S/C16H24N2O/c1-2-4-14(5-3-1)15-6-9-18(10-7-15)16-12-17-8-11-19-13-16/h1-5,15-17H,6-13H2/t16-/m0/s1. The summed E-state index contributed by atoms with van der Waals surface area (Å²) in [6.07, 6.45) is 2.56. The Hall–Kier alpha value is -0.900. The molecule has 3 rings (SSSR count). The molecule has 0 spiro atoms. The van der Waals surface area contributed by atoms with Gasteiger partial charge in [0.1, 0.15) is 0 Å². The van der Waals surface area contributed by atoms with Crippen molar-refractivity contribution in [3.05, 3.63) is 35.9 Å². The van der Waals surface area contributed by atoms with E-state index in [1.165, 1.54) is 31.5 Å². The first-order valence-electron chi connectivity index (χ1n) is 7.51. The van der Waals surface area contributed by atoms with Gasteiger partial charge in [0.25, 0.3) is 0 Å². The molecule has 2 fully saturated rings. The second-order valence-corrected chi connectivity index (χ2v) is 5.65. The van der Waals surface area contributed by atoms with Gasteiger partial charge in [-0.15, -0.1) is 0 Å². The molecule has 19 heavy (non-hydrogen) atoms. The maximum atomic E-state index is 5.67. The van der Waals surface area contributed by atoms with Crippen molar-refractivity contribution in [1.82, 2.24) is 10.2 Å². The minimum atomic E-state index is 0.569. The molecule has 2 aliphatic heterocycles. The van der Waals surface area contributed by atoms with Crippen LogP contribution in [0.2, 0.25) is 0 Å². The number of hydrogen-bond donors (Lipinski definition) is 1. The van der Waals surface area contributed by atoms with Gasteiger partial charge in [-0.2, -0.15) is 0 Å². The van der Waals surface area contributed by atoms with Crippen molar-refractivity contribution in [2.75, 3.05) is 39.4 Å². The molecule has 2 saturated heterocycles. The Morgan fingerprint density at radius 1 is 1.11 bits per heavy atom. The summed E-state index contributed by atoms with van der Waals surface area (Å²) in [5.74, 6) is 0.747. The highest BCUT2D eigenvalue weighted by molar-refractivity contribution is 5.20. The molecule has 0 amide bonds. The fourth-order valence-electron chi connectivity index (χ4n) is 3.25. The average molecular weight is 260 g/mol. The third-order valence-electron chi connectivity index (χ3n) is 4.43. The van der Waals surface area contributed by atoms with E-state index in [1.807, 2.05) is 0 Å². The fourth-order valence-corrected chi connectivity index (χ4v) is 3.25. The summed E-state index contributed by atoms with van der Waals surface area (Å²) >= 11 is 0. The molecule has 0 saturated carbocycles. The zero-order valence-corrected chi connectivity index (χ0v) is 11.6. The van der Waals surface area contributed by atoms with E-state index >= 15 is 0 Å². The van der Waals surface area contributed by atoms with Gasteiger partial charge in [0.15, 0.2) is 0 Å². The van der Waals surface area contributed by atoms with Gasteiger partial charge in [0.05, 0.1) is 13.2 Å². The Kier molecular flexibility index (Phi) is 4.49. The maximum absolute atomic E-state index is 5.67. The molecule has 1 N–H and O–H groups in total. The normalized spacial score (nSPS) is 27.1. The second kappa shape index (κ2) is 6.51. The highest BCUT2D eigenvalue weighted by atomic mass is 16.5. The number of likely N-dealkylation sites (tertiary alicyclic amines) is 1. The molecule has 1 aromatic rings. The summed E-state index contributed by atoms with van der Waals surface area (Å²) in [6, 6.07) is 11.5. The van der Waals surface area contributed by atoms with Crippen LogP contribution < -0.4 is 5.32 Å². The molecule has 2 aliphatic rings. The molecule has 3 nitrogen and oxygen atoms in total. The molecule has 1 aromatic carbocycles. The fraction of sp³-hybridized carbons (Fsp3) is 0.625. The van der Waals surface area contributed by atoms with Crippen LogP contribution in [0.1, 0.15) is 24.3 Å². The summed E-state index contributed by atoms with van der Waals surface area (Å²) in [5, 5.41) is 3.47. The van der Waals surface area contributed by atoms with Crippen LogP contribution in [-0.2, 0) is 4.74 Å². The predicted octanol–water partition coefficient (Wildman–Crippen LogP) is 1.85. The van der Waals surface area contributed by atoms with Gasteiger partial charge in [-0.05, 0) is 37.4 Å². The van der Waals surface area contributed by atoms with E-state index in [1.54, 1.807) is 0 Å². The van der Waals surface area contributed by atoms with E-state index in [0.717, 1.165) is 32.2 Å². The Morgan fingerprint density at radius 3 is 2.68 bits per heavy atom. The van der Waals surface area contributed by atoms with E-state index in [9.17, 15) is 0 Å². The summed E-state index contributed by atoms with van der Waals surface area (Å²) in [6.45, 7) is 6.23. The van der Waals surface area contributed by atoms with Crippen molar-refractivity contribution in [2.24, 2.45) is 0 Å². The van der Waals surface area contributed by atoms with Gasteiger partial charge in [-0.3, -0.25) is 4.90 Å². The minimum Gasteiger partial charge on any atom is -0.378 e. The lowest BCUT2D eigenvalue weighted by molar-refractivity contribution is 0.0668. The Morgan fingerprint density at radius 2 is 1.89 bits per heavy atom. The number of rotatable bonds is 2. The number of hydrogen-bond acceptors (Lipinski definition) is 3. The molecule has 0 unspecified atom stereocenters. The zero-order chi connectivity index (χ0) is 12.9. The van der Waals surface area contributed by atoms with Gasteiger partial charge in [-0.25, -0.2) is 0 Å². The molecule has 0 aliphatic carbocycles. The first kappa shape index (κ1) is 13.1. The largest absolute Gasteiger partial charge is 0.378 e. The Balaban J connectivity index is 1.54. The third kappa shape index (κ3) is 3.35. The topological polar surface area (TPSA) is 24.5 Å². The zero-order valence-electron chi connectivity index (χ0n) is 11.6. The molecule has 104 valence electrons. The van der Waals surface area contributed by atoms with Crippen LogP contribution in [0.3, 0.4) is 0 Å². The summed E-state index contributed by atoms with van der Waals surface area (Å²) in [7, 11) is 0. The molecule has 0 aromatic heterocycles. The first-order chi connectivity index (χ1) is 9.43. The quantitative estimate of drug-likeness (QED) is 0.878. The summed E-state index contributed by atoms with van der Waals surface area (Å²) in [4.78, 5) is 2.61. The van der Waals surface area contributed by atoms with Crippen molar-refractivity contribution in [3.63, 3.8) is 0 Å². The number of ether oxygens (including phenoxy) is 1. The molecule has 0 bridgehead atoms. The first-order valence-corrected chi connectivity index (χ1v) is 7.51. The molecule has 3 heteroatoms. The number of piperidine rings is 1. The van der Waals surface area contributed by atoms with Crippen molar-refractivity contribution in [1.29, 1.82) is 0 Å². The average Bonchev–Trinajstić information content (AvgIpc) is 2.77. The van der Waals surface area contributed by atoms with Crippen molar-refractivity contribution < 1.29 is 4.74 Å². The monoisotopic (exact) mass is 260 g/mol. The Labute approximate surface area is 115 Å².